The van der Waals surface area contributed by atoms with Crippen LogP contribution in [0.1, 0.15) is 99.5 Å². The Morgan fingerprint density at radius 2 is 1.59 bits per heavy atom. The van der Waals surface area contributed by atoms with Crippen LogP contribution in [0, 0.1) is 23.2 Å². The molecule has 0 aromatic heterocycles. The number of likely N-dealkylation sites (tertiary alicyclic amines) is 2. The van der Waals surface area contributed by atoms with Crippen LogP contribution in [-0.2, 0) is 25.7 Å². The molecule has 2 atom stereocenters. The molecule has 2 saturated heterocycles. The number of benzene rings is 1. The summed E-state index contributed by atoms with van der Waals surface area (Å²) >= 11 is 0. The molecule has 274 valence electrons. The molecule has 0 bridgehead atoms. The molecular weight excluding hydrogens is 616 g/mol. The highest BCUT2D eigenvalue weighted by atomic mass is 16.2. The lowest BCUT2D eigenvalue weighted by molar-refractivity contribution is -0.142. The van der Waals surface area contributed by atoms with E-state index >= 15 is 0 Å². The summed E-state index contributed by atoms with van der Waals surface area (Å²) in [5, 5.41) is 11.5. The monoisotopic (exact) mass is 680 g/mol. The molecule has 0 spiro atoms. The first-order valence-electron chi connectivity index (χ1n) is 18.1. The van der Waals surface area contributed by atoms with Crippen molar-refractivity contribution in [3.63, 3.8) is 0 Å². The molecule has 4 amide bonds. The van der Waals surface area contributed by atoms with Gasteiger partial charge in [-0.2, -0.15) is 5.26 Å². The van der Waals surface area contributed by atoms with E-state index in [-0.39, 0.29) is 42.6 Å². The second kappa shape index (κ2) is 23.6. The van der Waals surface area contributed by atoms with Gasteiger partial charge in [0, 0.05) is 38.3 Å². The predicted octanol–water partition coefficient (Wildman–Crippen LogP) is 5.64. The van der Waals surface area contributed by atoms with Crippen LogP contribution in [0.5, 0.6) is 0 Å². The fourth-order valence-electron chi connectivity index (χ4n) is 5.89. The lowest BCUT2D eigenvalue weighted by atomic mass is 9.99. The van der Waals surface area contributed by atoms with Gasteiger partial charge in [-0.05, 0) is 76.9 Å². The van der Waals surface area contributed by atoms with E-state index in [1.807, 2.05) is 44.2 Å². The van der Waals surface area contributed by atoms with Gasteiger partial charge in [0.1, 0.15) is 6.04 Å². The zero-order valence-electron chi connectivity index (χ0n) is 31.8. The lowest BCUT2D eigenvalue weighted by Crippen LogP contribution is -2.48. The Morgan fingerprint density at radius 1 is 0.980 bits per heavy atom. The molecule has 2 aliphatic heterocycles. The molecule has 2 aliphatic rings. The Balaban J connectivity index is 0.000000769. The number of hydrogen-bond donors (Lipinski definition) is 1. The zero-order chi connectivity index (χ0) is 36.9. The van der Waals surface area contributed by atoms with Crippen molar-refractivity contribution in [2.45, 2.75) is 119 Å². The van der Waals surface area contributed by atoms with Crippen molar-refractivity contribution < 1.29 is 19.2 Å². The third kappa shape index (κ3) is 16.0. The van der Waals surface area contributed by atoms with Gasteiger partial charge in [-0.15, -0.1) is 0 Å². The van der Waals surface area contributed by atoms with E-state index in [1.165, 1.54) is 37.3 Å². The van der Waals surface area contributed by atoms with E-state index in [1.54, 1.807) is 29.8 Å². The molecule has 1 aromatic rings. The number of rotatable bonds is 13. The van der Waals surface area contributed by atoms with E-state index in [2.05, 4.69) is 50.9 Å². The normalized spacial score (nSPS) is 16.9. The molecule has 1 N–H and O–H groups in total. The molecule has 2 fully saturated rings. The van der Waals surface area contributed by atoms with Crippen LogP contribution in [0.4, 0.5) is 0 Å². The van der Waals surface area contributed by atoms with Gasteiger partial charge in [-0.3, -0.25) is 19.2 Å². The molecule has 10 nitrogen and oxygen atoms in total. The summed E-state index contributed by atoms with van der Waals surface area (Å²) in [6, 6.07) is 11.5. The molecule has 2 heterocycles. The summed E-state index contributed by atoms with van der Waals surface area (Å²) in [4.78, 5) is 57.3. The van der Waals surface area contributed by atoms with E-state index in [9.17, 15) is 19.2 Å². The summed E-state index contributed by atoms with van der Waals surface area (Å²) in [6.07, 6.45) is 8.02. The first-order valence-corrected chi connectivity index (χ1v) is 18.1. The van der Waals surface area contributed by atoms with Crippen LogP contribution in [0.3, 0.4) is 0 Å². The van der Waals surface area contributed by atoms with Crippen LogP contribution in [0.15, 0.2) is 42.0 Å². The Kier molecular flexibility index (Phi) is 20.9. The quantitative estimate of drug-likeness (QED) is 0.213. The van der Waals surface area contributed by atoms with E-state index in [0.29, 0.717) is 38.0 Å². The van der Waals surface area contributed by atoms with Gasteiger partial charge in [0.15, 0.2) is 0 Å². The smallest absolute Gasteiger partial charge is 0.249 e. The largest absolute Gasteiger partial charge is 0.350 e. The van der Waals surface area contributed by atoms with Crippen LogP contribution < -0.4 is 5.32 Å². The molecule has 10 heteroatoms. The highest BCUT2D eigenvalue weighted by molar-refractivity contribution is 5.97. The van der Waals surface area contributed by atoms with Gasteiger partial charge in [0.05, 0.1) is 25.1 Å². The summed E-state index contributed by atoms with van der Waals surface area (Å²) in [7, 11) is 1.65. The first kappa shape index (κ1) is 43.3. The fraction of sp³-hybridized carbons (Fsp3) is 0.667. The van der Waals surface area contributed by atoms with Crippen molar-refractivity contribution in [2.75, 3.05) is 39.8 Å². The Morgan fingerprint density at radius 3 is 2.10 bits per heavy atom. The first-order chi connectivity index (χ1) is 23.2. The maximum Gasteiger partial charge on any atom is 0.249 e. The maximum atomic E-state index is 13.5. The fourth-order valence-corrected chi connectivity index (χ4v) is 5.89. The second-order valence-electron chi connectivity index (χ2n) is 14.3. The standard InChI is InChI=1S/C27H37N5O4.C8H17N.C4H10/c1-20(2)24(30(4)25(34)17-29-19-33)16-21(3)26(35)32-15-8-12-23(32)27(36)31(14-9-13-28)18-22-10-6-5-7-11-22;1-8(2)9-6-4-3-5-7-9;1-4(2)3/h5-7,10-11,16,19-20,23-24H,8-9,12,14-15,17-18H2,1-4H3,(H,29,33);8H,3-7H2,1-2H3;4H,1-3H3/b21-16+;;/t23-,24+;;/m0../s1. The number of carbonyl (C=O) groups excluding carboxylic acids is 4. The molecule has 0 unspecified atom stereocenters. The van der Waals surface area contributed by atoms with Crippen molar-refractivity contribution in [2.24, 2.45) is 11.8 Å². The minimum absolute atomic E-state index is 0.0290. The van der Waals surface area contributed by atoms with Crippen molar-refractivity contribution in [3.05, 3.63) is 47.5 Å². The Hall–Kier alpha value is -3.71. The SMILES string of the molecule is C/C(=C\[C@H](C(C)C)N(C)C(=O)CNC=O)C(=O)N1CCC[C@H]1C(=O)N(CCC#N)Cc1ccccc1.CC(C)C.CC(C)N1CCCCC1. The van der Waals surface area contributed by atoms with Gasteiger partial charge in [-0.1, -0.05) is 77.4 Å². The number of carbonyl (C=O) groups is 4. The van der Waals surface area contributed by atoms with Gasteiger partial charge in [-0.25, -0.2) is 0 Å². The summed E-state index contributed by atoms with van der Waals surface area (Å²) in [5.74, 6) is 0.213. The number of nitrogens with one attached hydrogen (secondary N) is 1. The average molecular weight is 681 g/mol. The van der Waals surface area contributed by atoms with Crippen molar-refractivity contribution in [3.8, 4) is 6.07 Å². The maximum absolute atomic E-state index is 13.5. The van der Waals surface area contributed by atoms with Crippen molar-refractivity contribution in [1.29, 1.82) is 5.26 Å². The van der Waals surface area contributed by atoms with Crippen LogP contribution in [0.2, 0.25) is 0 Å². The van der Waals surface area contributed by atoms with E-state index in [4.69, 9.17) is 5.26 Å². The third-order valence-corrected chi connectivity index (χ3v) is 8.56. The second-order valence-corrected chi connectivity index (χ2v) is 14.3. The number of nitriles is 1. The van der Waals surface area contributed by atoms with Crippen LogP contribution >= 0.6 is 0 Å². The summed E-state index contributed by atoms with van der Waals surface area (Å²) in [5.41, 5.74) is 1.43. The topological polar surface area (TPSA) is 117 Å². The molecular formula is C39H64N6O4. The molecule has 49 heavy (non-hydrogen) atoms. The molecule has 0 saturated carbocycles. The molecule has 3 rings (SSSR count). The number of hydrogen-bond acceptors (Lipinski definition) is 6. The molecule has 1 aromatic carbocycles. The molecule has 0 aliphatic carbocycles. The van der Waals surface area contributed by atoms with Gasteiger partial charge >= 0.3 is 0 Å². The minimum atomic E-state index is -0.586. The number of piperidine rings is 1. The highest BCUT2D eigenvalue weighted by Gasteiger charge is 2.37. The summed E-state index contributed by atoms with van der Waals surface area (Å²) in [6.45, 7) is 20.4. The lowest BCUT2D eigenvalue weighted by Gasteiger charge is -2.32. The number of likely N-dealkylation sites (N-methyl/N-ethyl adjacent to an activating group) is 1. The van der Waals surface area contributed by atoms with E-state index < -0.39 is 6.04 Å². The van der Waals surface area contributed by atoms with Crippen molar-refractivity contribution in [1.82, 2.24) is 24.9 Å². The van der Waals surface area contributed by atoms with Crippen LogP contribution in [-0.4, -0.2) is 102 Å². The predicted molar refractivity (Wildman–Crippen MR) is 197 cm³/mol. The Labute approximate surface area is 296 Å². The van der Waals surface area contributed by atoms with Crippen LogP contribution in [0.25, 0.3) is 0 Å². The third-order valence-electron chi connectivity index (χ3n) is 8.56. The highest BCUT2D eigenvalue weighted by Crippen LogP contribution is 2.24. The zero-order valence-corrected chi connectivity index (χ0v) is 31.8. The van der Waals surface area contributed by atoms with Gasteiger partial charge in [0.25, 0.3) is 0 Å². The van der Waals surface area contributed by atoms with Crippen molar-refractivity contribution >= 4 is 24.1 Å². The minimum Gasteiger partial charge on any atom is -0.350 e. The Bertz CT molecular complexity index is 1200. The average Bonchev–Trinajstić information content (AvgIpc) is 3.57. The number of nitrogens with zero attached hydrogens (tertiary/aromatic N) is 5. The van der Waals surface area contributed by atoms with E-state index in [0.717, 1.165) is 23.9 Å². The summed E-state index contributed by atoms with van der Waals surface area (Å²) < 4.78 is 0. The number of amides is 4. The van der Waals surface area contributed by atoms with Gasteiger partial charge < -0.3 is 24.9 Å². The molecule has 0 radical (unpaired) electrons. The van der Waals surface area contributed by atoms with Gasteiger partial charge in [0.2, 0.25) is 24.1 Å².